The minimum Gasteiger partial charge on any atom is -0.487 e. The molecule has 0 fully saturated rings. The van der Waals surface area contributed by atoms with Gasteiger partial charge in [0.1, 0.15) is 22.4 Å². The molecule has 1 aromatic heterocycles. The van der Waals surface area contributed by atoms with Gasteiger partial charge in [-0.25, -0.2) is 0 Å². The summed E-state index contributed by atoms with van der Waals surface area (Å²) in [5, 5.41) is 3.86. The number of ether oxygens (including phenoxy) is 1. The van der Waals surface area contributed by atoms with Crippen molar-refractivity contribution in [3.63, 3.8) is 0 Å². The molecule has 2 aromatic rings. The van der Waals surface area contributed by atoms with E-state index in [0.29, 0.717) is 16.6 Å². The van der Waals surface area contributed by atoms with Crippen molar-refractivity contribution < 1.29 is 4.74 Å². The summed E-state index contributed by atoms with van der Waals surface area (Å²) in [5.41, 5.74) is 0.681. The van der Waals surface area contributed by atoms with Crippen LogP contribution in [-0.4, -0.2) is 9.59 Å². The lowest BCUT2D eigenvalue weighted by molar-refractivity contribution is 0.301. The predicted octanol–water partition coefficient (Wildman–Crippen LogP) is 3.38. The maximum Gasteiger partial charge on any atom is 0.141 e. The van der Waals surface area contributed by atoms with Crippen LogP contribution in [0.4, 0.5) is 0 Å². The van der Waals surface area contributed by atoms with Crippen LogP contribution in [0.5, 0.6) is 5.75 Å². The number of halogens is 2. The zero-order valence-electron chi connectivity index (χ0n) is 7.48. The molecule has 2 rings (SSSR count). The Hall–Kier alpha value is -0.400. The van der Waals surface area contributed by atoms with Gasteiger partial charge in [-0.15, -0.1) is 5.10 Å². The molecule has 0 aliphatic carbocycles. The second-order valence-electron chi connectivity index (χ2n) is 2.74. The highest BCUT2D eigenvalue weighted by molar-refractivity contribution is 14.1. The topological polar surface area (TPSA) is 35.0 Å². The third-order valence-corrected chi connectivity index (χ3v) is 3.34. The third kappa shape index (κ3) is 3.02. The summed E-state index contributed by atoms with van der Waals surface area (Å²) in [6.45, 7) is 0.357. The molecular weight excluding hydrogens is 347 g/mol. The molecule has 15 heavy (non-hydrogen) atoms. The van der Waals surface area contributed by atoms with Gasteiger partial charge < -0.3 is 4.74 Å². The fourth-order valence-electron chi connectivity index (χ4n) is 0.992. The molecule has 0 saturated carbocycles. The first-order chi connectivity index (χ1) is 7.25. The van der Waals surface area contributed by atoms with Crippen LogP contribution >= 0.6 is 45.7 Å². The zero-order valence-corrected chi connectivity index (χ0v) is 11.2. The van der Waals surface area contributed by atoms with Gasteiger partial charge in [0.05, 0.1) is 0 Å². The number of hydrogen-bond donors (Lipinski definition) is 0. The minimum atomic E-state index is 0.357. The minimum absolute atomic E-state index is 0.357. The van der Waals surface area contributed by atoms with Crippen LogP contribution in [0.2, 0.25) is 4.34 Å². The molecule has 0 N–H and O–H groups in total. The van der Waals surface area contributed by atoms with Crippen LogP contribution < -0.4 is 4.74 Å². The molecular formula is C9H6ClIN2OS. The highest BCUT2D eigenvalue weighted by Gasteiger charge is 2.05. The molecule has 1 aromatic carbocycles. The fraction of sp³-hybridized carbons (Fsp3) is 0.111. The van der Waals surface area contributed by atoms with E-state index >= 15 is 0 Å². The summed E-state index contributed by atoms with van der Waals surface area (Å²) in [6.07, 6.45) is 0. The molecule has 0 spiro atoms. The standard InChI is InChI=1S/C9H6ClIN2OS/c10-9-8(12-13-15-9)5-14-7-3-1-2-6(11)4-7/h1-4H,5H2. The Morgan fingerprint density at radius 2 is 2.33 bits per heavy atom. The molecule has 6 heteroatoms. The highest BCUT2D eigenvalue weighted by Crippen LogP contribution is 2.20. The van der Waals surface area contributed by atoms with Crippen molar-refractivity contribution in [3.8, 4) is 5.75 Å². The van der Waals surface area contributed by atoms with Crippen molar-refractivity contribution in [1.82, 2.24) is 9.59 Å². The van der Waals surface area contributed by atoms with E-state index in [1.807, 2.05) is 24.3 Å². The van der Waals surface area contributed by atoms with E-state index in [0.717, 1.165) is 9.32 Å². The second kappa shape index (κ2) is 5.09. The van der Waals surface area contributed by atoms with Crippen LogP contribution in [-0.2, 0) is 6.61 Å². The van der Waals surface area contributed by atoms with Crippen LogP contribution in [0.1, 0.15) is 5.69 Å². The average molecular weight is 353 g/mol. The summed E-state index contributed by atoms with van der Waals surface area (Å²) in [6, 6.07) is 7.80. The van der Waals surface area contributed by atoms with Gasteiger partial charge in [-0.2, -0.15) is 0 Å². The molecule has 0 radical (unpaired) electrons. The number of aromatic nitrogens is 2. The predicted molar refractivity (Wildman–Crippen MR) is 68.4 cm³/mol. The molecule has 0 aliphatic rings. The molecule has 0 unspecified atom stereocenters. The lowest BCUT2D eigenvalue weighted by Gasteiger charge is -2.03. The molecule has 0 atom stereocenters. The van der Waals surface area contributed by atoms with Gasteiger partial charge in [-0.1, -0.05) is 22.2 Å². The highest BCUT2D eigenvalue weighted by atomic mass is 127. The van der Waals surface area contributed by atoms with Crippen LogP contribution in [0.3, 0.4) is 0 Å². The van der Waals surface area contributed by atoms with Gasteiger partial charge in [0.15, 0.2) is 0 Å². The Kier molecular flexibility index (Phi) is 3.76. The van der Waals surface area contributed by atoms with Crippen LogP contribution in [0, 0.1) is 3.57 Å². The van der Waals surface area contributed by atoms with E-state index in [-0.39, 0.29) is 0 Å². The molecule has 0 amide bonds. The van der Waals surface area contributed by atoms with Gasteiger partial charge in [0.2, 0.25) is 0 Å². The van der Waals surface area contributed by atoms with Crippen molar-refractivity contribution >= 4 is 45.7 Å². The quantitative estimate of drug-likeness (QED) is 0.795. The van der Waals surface area contributed by atoms with Crippen molar-refractivity contribution in [1.29, 1.82) is 0 Å². The molecule has 1 heterocycles. The first kappa shape index (κ1) is 11.1. The van der Waals surface area contributed by atoms with Crippen molar-refractivity contribution in [3.05, 3.63) is 37.9 Å². The first-order valence-electron chi connectivity index (χ1n) is 4.11. The van der Waals surface area contributed by atoms with E-state index in [9.17, 15) is 0 Å². The largest absolute Gasteiger partial charge is 0.487 e. The van der Waals surface area contributed by atoms with E-state index in [2.05, 4.69) is 32.2 Å². The van der Waals surface area contributed by atoms with E-state index in [1.165, 1.54) is 11.5 Å². The summed E-state index contributed by atoms with van der Waals surface area (Å²) >= 11 is 9.25. The Balaban J connectivity index is 2.02. The van der Waals surface area contributed by atoms with Crippen molar-refractivity contribution in [2.45, 2.75) is 6.61 Å². The van der Waals surface area contributed by atoms with Gasteiger partial charge in [-0.3, -0.25) is 0 Å². The maximum atomic E-state index is 5.85. The van der Waals surface area contributed by atoms with Gasteiger partial charge in [-0.05, 0) is 40.8 Å². The van der Waals surface area contributed by atoms with E-state index in [4.69, 9.17) is 16.3 Å². The summed E-state index contributed by atoms with van der Waals surface area (Å²) in [5.74, 6) is 0.811. The van der Waals surface area contributed by atoms with Crippen molar-refractivity contribution in [2.75, 3.05) is 0 Å². The number of rotatable bonds is 3. The van der Waals surface area contributed by atoms with E-state index in [1.54, 1.807) is 0 Å². The summed E-state index contributed by atoms with van der Waals surface area (Å²) < 4.78 is 11.0. The van der Waals surface area contributed by atoms with Gasteiger partial charge >= 0.3 is 0 Å². The smallest absolute Gasteiger partial charge is 0.141 e. The van der Waals surface area contributed by atoms with Gasteiger partial charge in [0.25, 0.3) is 0 Å². The Morgan fingerprint density at radius 1 is 1.47 bits per heavy atom. The molecule has 0 saturated heterocycles. The monoisotopic (exact) mass is 352 g/mol. The summed E-state index contributed by atoms with van der Waals surface area (Å²) in [4.78, 5) is 0. The number of nitrogens with zero attached hydrogens (tertiary/aromatic N) is 2. The maximum absolute atomic E-state index is 5.85. The SMILES string of the molecule is Clc1snnc1COc1cccc(I)c1. The lowest BCUT2D eigenvalue weighted by atomic mass is 10.3. The molecule has 0 aliphatic heterocycles. The molecule has 0 bridgehead atoms. The Labute approximate surface area is 110 Å². The summed E-state index contributed by atoms with van der Waals surface area (Å²) in [7, 11) is 0. The van der Waals surface area contributed by atoms with Gasteiger partial charge in [0, 0.05) is 15.1 Å². The van der Waals surface area contributed by atoms with E-state index < -0.39 is 0 Å². The Bertz CT molecular complexity index is 463. The lowest BCUT2D eigenvalue weighted by Crippen LogP contribution is -1.96. The number of benzene rings is 1. The fourth-order valence-corrected chi connectivity index (χ4v) is 2.11. The second-order valence-corrected chi connectivity index (χ2v) is 5.34. The van der Waals surface area contributed by atoms with Crippen LogP contribution in [0.25, 0.3) is 0 Å². The Morgan fingerprint density at radius 3 is 3.00 bits per heavy atom. The van der Waals surface area contributed by atoms with Crippen LogP contribution in [0.15, 0.2) is 24.3 Å². The molecule has 3 nitrogen and oxygen atoms in total. The molecule has 78 valence electrons. The third-order valence-electron chi connectivity index (χ3n) is 1.68. The van der Waals surface area contributed by atoms with Crippen molar-refractivity contribution in [2.24, 2.45) is 0 Å². The zero-order chi connectivity index (χ0) is 10.7. The normalized spacial score (nSPS) is 10.3. The average Bonchev–Trinajstić information content (AvgIpc) is 2.61. The number of hydrogen-bond acceptors (Lipinski definition) is 4. The first-order valence-corrected chi connectivity index (χ1v) is 6.34.